The molecule has 16 heavy (non-hydrogen) atoms. The molecule has 0 aromatic heterocycles. The predicted octanol–water partition coefficient (Wildman–Crippen LogP) is 2.15. The smallest absolute Gasteiger partial charge is 0.160 e. The second-order valence-corrected chi connectivity index (χ2v) is 4.83. The molecule has 0 aliphatic carbocycles. The van der Waals surface area contributed by atoms with Crippen LogP contribution < -0.4 is 10.2 Å². The standard InChI is InChI=1S/C12H16F2N2/c1-12(2)8-16(6-5-15-12)9-3-4-10(13)11(14)7-9/h3-4,7,15H,5-6,8H2,1-2H3. The van der Waals surface area contributed by atoms with Gasteiger partial charge >= 0.3 is 0 Å². The molecule has 1 fully saturated rings. The molecule has 1 aliphatic rings. The summed E-state index contributed by atoms with van der Waals surface area (Å²) in [6.07, 6.45) is 0. The molecule has 4 heteroatoms. The SMILES string of the molecule is CC1(C)CN(c2ccc(F)c(F)c2)CCN1. The van der Waals surface area contributed by atoms with Crippen LogP contribution in [0.4, 0.5) is 14.5 Å². The molecule has 1 heterocycles. The Hall–Kier alpha value is -1.16. The Bertz CT molecular complexity index is 391. The van der Waals surface area contributed by atoms with E-state index < -0.39 is 11.6 Å². The molecule has 0 amide bonds. The van der Waals surface area contributed by atoms with Gasteiger partial charge in [0.15, 0.2) is 11.6 Å². The van der Waals surface area contributed by atoms with Gasteiger partial charge < -0.3 is 10.2 Å². The van der Waals surface area contributed by atoms with E-state index in [0.29, 0.717) is 0 Å². The molecule has 0 spiro atoms. The minimum absolute atomic E-state index is 0.00309. The Morgan fingerprint density at radius 3 is 2.62 bits per heavy atom. The van der Waals surface area contributed by atoms with Crippen LogP contribution in [-0.4, -0.2) is 25.2 Å². The summed E-state index contributed by atoms with van der Waals surface area (Å²) in [7, 11) is 0. The van der Waals surface area contributed by atoms with Gasteiger partial charge in [-0.25, -0.2) is 8.78 Å². The van der Waals surface area contributed by atoms with Crippen molar-refractivity contribution in [2.45, 2.75) is 19.4 Å². The second-order valence-electron chi connectivity index (χ2n) is 4.83. The van der Waals surface area contributed by atoms with Gasteiger partial charge in [0, 0.05) is 36.9 Å². The summed E-state index contributed by atoms with van der Waals surface area (Å²) in [5, 5.41) is 3.37. The van der Waals surface area contributed by atoms with Crippen LogP contribution in [0.3, 0.4) is 0 Å². The van der Waals surface area contributed by atoms with Gasteiger partial charge in [-0.15, -0.1) is 0 Å². The zero-order valence-electron chi connectivity index (χ0n) is 9.56. The van der Waals surface area contributed by atoms with Gasteiger partial charge in [-0.1, -0.05) is 0 Å². The third-order valence-corrected chi connectivity index (χ3v) is 2.84. The van der Waals surface area contributed by atoms with Crippen molar-refractivity contribution in [1.29, 1.82) is 0 Å². The van der Waals surface area contributed by atoms with Gasteiger partial charge in [-0.2, -0.15) is 0 Å². The van der Waals surface area contributed by atoms with E-state index in [1.807, 2.05) is 0 Å². The fraction of sp³-hybridized carbons (Fsp3) is 0.500. The summed E-state index contributed by atoms with van der Waals surface area (Å²) in [4.78, 5) is 2.07. The summed E-state index contributed by atoms with van der Waals surface area (Å²) < 4.78 is 25.9. The molecule has 1 aromatic carbocycles. The highest BCUT2D eigenvalue weighted by Gasteiger charge is 2.26. The first-order valence-electron chi connectivity index (χ1n) is 5.43. The van der Waals surface area contributed by atoms with Gasteiger partial charge in [-0.3, -0.25) is 0 Å². The number of rotatable bonds is 1. The van der Waals surface area contributed by atoms with Crippen LogP contribution in [0.25, 0.3) is 0 Å². The maximum Gasteiger partial charge on any atom is 0.160 e. The maximum atomic E-state index is 13.1. The molecule has 1 aromatic rings. The van der Waals surface area contributed by atoms with Crippen LogP contribution in [0.5, 0.6) is 0 Å². The summed E-state index contributed by atoms with van der Waals surface area (Å²) >= 11 is 0. The largest absolute Gasteiger partial charge is 0.368 e. The first-order valence-corrected chi connectivity index (χ1v) is 5.43. The highest BCUT2D eigenvalue weighted by Crippen LogP contribution is 2.21. The number of hydrogen-bond donors (Lipinski definition) is 1. The van der Waals surface area contributed by atoms with Gasteiger partial charge in [-0.05, 0) is 26.0 Å². The van der Waals surface area contributed by atoms with Crippen LogP contribution in [-0.2, 0) is 0 Å². The Kier molecular flexibility index (Phi) is 2.84. The van der Waals surface area contributed by atoms with Gasteiger partial charge in [0.25, 0.3) is 0 Å². The van der Waals surface area contributed by atoms with Crippen LogP contribution >= 0.6 is 0 Å². The van der Waals surface area contributed by atoms with Crippen molar-refractivity contribution in [2.24, 2.45) is 0 Å². The Balaban J connectivity index is 2.20. The molecule has 2 rings (SSSR count). The number of piperazine rings is 1. The molecule has 1 N–H and O–H groups in total. The highest BCUT2D eigenvalue weighted by molar-refractivity contribution is 5.47. The van der Waals surface area contributed by atoms with E-state index in [4.69, 9.17) is 0 Å². The van der Waals surface area contributed by atoms with Crippen LogP contribution in [0.2, 0.25) is 0 Å². The molecule has 1 aliphatic heterocycles. The van der Waals surface area contributed by atoms with Gasteiger partial charge in [0.2, 0.25) is 0 Å². The van der Waals surface area contributed by atoms with Crippen molar-refractivity contribution >= 4 is 5.69 Å². The number of anilines is 1. The van der Waals surface area contributed by atoms with E-state index in [9.17, 15) is 8.78 Å². The summed E-state index contributed by atoms with van der Waals surface area (Å²) in [6, 6.07) is 4.07. The number of hydrogen-bond acceptors (Lipinski definition) is 2. The minimum atomic E-state index is -0.793. The molecular formula is C12H16F2N2. The van der Waals surface area contributed by atoms with E-state index in [0.717, 1.165) is 25.3 Å². The molecular weight excluding hydrogens is 210 g/mol. The third kappa shape index (κ3) is 2.32. The number of halogens is 2. The zero-order valence-corrected chi connectivity index (χ0v) is 9.56. The predicted molar refractivity (Wildman–Crippen MR) is 60.7 cm³/mol. The summed E-state index contributed by atoms with van der Waals surface area (Å²) in [5.74, 6) is -1.58. The van der Waals surface area contributed by atoms with Crippen LogP contribution in [0, 0.1) is 11.6 Å². The fourth-order valence-corrected chi connectivity index (χ4v) is 2.04. The molecule has 0 atom stereocenters. The Morgan fingerprint density at radius 2 is 2.00 bits per heavy atom. The normalized spacial score (nSPS) is 19.9. The van der Waals surface area contributed by atoms with Crippen molar-refractivity contribution in [3.05, 3.63) is 29.8 Å². The number of nitrogens with one attached hydrogen (secondary N) is 1. The minimum Gasteiger partial charge on any atom is -0.368 e. The van der Waals surface area contributed by atoms with E-state index in [1.54, 1.807) is 6.07 Å². The molecule has 1 saturated heterocycles. The van der Waals surface area contributed by atoms with E-state index in [2.05, 4.69) is 24.1 Å². The molecule has 88 valence electrons. The van der Waals surface area contributed by atoms with Crippen molar-refractivity contribution in [3.63, 3.8) is 0 Å². The Morgan fingerprint density at radius 1 is 1.25 bits per heavy atom. The average molecular weight is 226 g/mol. The molecule has 2 nitrogen and oxygen atoms in total. The highest BCUT2D eigenvalue weighted by atomic mass is 19.2. The average Bonchev–Trinajstić information content (AvgIpc) is 2.20. The third-order valence-electron chi connectivity index (χ3n) is 2.84. The first kappa shape index (κ1) is 11.3. The zero-order chi connectivity index (χ0) is 11.8. The summed E-state index contributed by atoms with van der Waals surface area (Å²) in [6.45, 7) is 6.65. The molecule has 0 saturated carbocycles. The van der Waals surface area contributed by atoms with Gasteiger partial charge in [0.05, 0.1) is 0 Å². The molecule has 0 bridgehead atoms. The lowest BCUT2D eigenvalue weighted by Crippen LogP contribution is -2.57. The van der Waals surface area contributed by atoms with Crippen molar-refractivity contribution in [1.82, 2.24) is 5.32 Å². The quantitative estimate of drug-likeness (QED) is 0.789. The monoisotopic (exact) mass is 226 g/mol. The van der Waals surface area contributed by atoms with E-state index in [1.165, 1.54) is 12.1 Å². The number of benzene rings is 1. The topological polar surface area (TPSA) is 15.3 Å². The summed E-state index contributed by atoms with van der Waals surface area (Å²) in [5.41, 5.74) is 0.747. The first-order chi connectivity index (χ1) is 7.48. The van der Waals surface area contributed by atoms with Gasteiger partial charge in [0.1, 0.15) is 0 Å². The van der Waals surface area contributed by atoms with Crippen molar-refractivity contribution in [2.75, 3.05) is 24.5 Å². The van der Waals surface area contributed by atoms with E-state index >= 15 is 0 Å². The van der Waals surface area contributed by atoms with Crippen LogP contribution in [0.15, 0.2) is 18.2 Å². The fourth-order valence-electron chi connectivity index (χ4n) is 2.04. The Labute approximate surface area is 94.3 Å². The molecule has 0 unspecified atom stereocenters. The maximum absolute atomic E-state index is 13.1. The van der Waals surface area contributed by atoms with E-state index in [-0.39, 0.29) is 5.54 Å². The van der Waals surface area contributed by atoms with Crippen LogP contribution in [0.1, 0.15) is 13.8 Å². The lowest BCUT2D eigenvalue weighted by Gasteiger charge is -2.40. The molecule has 0 radical (unpaired) electrons. The lowest BCUT2D eigenvalue weighted by molar-refractivity contribution is 0.352. The second kappa shape index (κ2) is 4.01. The van der Waals surface area contributed by atoms with Crippen molar-refractivity contribution in [3.8, 4) is 0 Å². The van der Waals surface area contributed by atoms with Crippen molar-refractivity contribution < 1.29 is 8.78 Å². The lowest BCUT2D eigenvalue weighted by atomic mass is 10.0. The number of nitrogens with zero attached hydrogens (tertiary/aromatic N) is 1.